The highest BCUT2D eigenvalue weighted by atomic mass is 16.6. The quantitative estimate of drug-likeness (QED) is 0.642. The predicted molar refractivity (Wildman–Crippen MR) is 84.8 cm³/mol. The third kappa shape index (κ3) is 2.66. The van der Waals surface area contributed by atoms with E-state index in [0.29, 0.717) is 22.4 Å². The van der Waals surface area contributed by atoms with Crippen molar-refractivity contribution in [3.8, 4) is 11.8 Å². The van der Waals surface area contributed by atoms with Crippen LogP contribution in [0.3, 0.4) is 0 Å². The molecule has 0 aromatic heterocycles. The molecule has 1 atom stereocenters. The second kappa shape index (κ2) is 6.01. The zero-order valence-electron chi connectivity index (χ0n) is 12.9. The Balaban J connectivity index is 2.02. The van der Waals surface area contributed by atoms with Crippen LogP contribution in [0.25, 0.3) is 0 Å². The van der Waals surface area contributed by atoms with Gasteiger partial charge in [-0.3, -0.25) is 0 Å². The van der Waals surface area contributed by atoms with Gasteiger partial charge < -0.3 is 9.47 Å². The highest BCUT2D eigenvalue weighted by Gasteiger charge is 2.49. The minimum absolute atomic E-state index is 0.323. The van der Waals surface area contributed by atoms with Gasteiger partial charge >= 0.3 is 11.9 Å². The summed E-state index contributed by atoms with van der Waals surface area (Å²) in [5.74, 6) is -0.947. The van der Waals surface area contributed by atoms with Gasteiger partial charge in [0.25, 0.3) is 5.60 Å². The maximum Gasteiger partial charge on any atom is 0.365 e. The fourth-order valence-electron chi connectivity index (χ4n) is 2.44. The summed E-state index contributed by atoms with van der Waals surface area (Å²) in [6.45, 7) is 1.57. The Hall–Kier alpha value is -3.39. The normalized spacial score (nSPS) is 19.2. The molecule has 2 aromatic rings. The van der Waals surface area contributed by atoms with Gasteiger partial charge in [-0.15, -0.1) is 0 Å². The van der Waals surface area contributed by atoms with Crippen LogP contribution < -0.4 is 4.74 Å². The number of hydrogen-bond acceptors (Lipinski definition) is 5. The second-order valence-electron chi connectivity index (χ2n) is 5.34. The molecule has 118 valence electrons. The number of esters is 2. The molecule has 24 heavy (non-hydrogen) atoms. The van der Waals surface area contributed by atoms with E-state index >= 15 is 0 Å². The van der Waals surface area contributed by atoms with Gasteiger partial charge in [-0.25, -0.2) is 9.59 Å². The van der Waals surface area contributed by atoms with Crippen molar-refractivity contribution in [3.63, 3.8) is 0 Å². The van der Waals surface area contributed by atoms with Gasteiger partial charge in [0.15, 0.2) is 0 Å². The van der Waals surface area contributed by atoms with Crippen molar-refractivity contribution in [2.45, 2.75) is 12.5 Å². The minimum Gasteiger partial charge on any atom is -0.434 e. The molecule has 0 saturated carbocycles. The van der Waals surface area contributed by atoms with Crippen LogP contribution in [0.5, 0.6) is 5.75 Å². The summed E-state index contributed by atoms with van der Waals surface area (Å²) < 4.78 is 10.7. The molecule has 0 saturated heterocycles. The van der Waals surface area contributed by atoms with Crippen LogP contribution in [-0.4, -0.2) is 11.9 Å². The number of rotatable bonds is 3. The fourth-order valence-corrected chi connectivity index (χ4v) is 2.44. The lowest BCUT2D eigenvalue weighted by molar-refractivity contribution is -0.166. The Morgan fingerprint density at radius 3 is 2.33 bits per heavy atom. The molecule has 0 radical (unpaired) electrons. The third-order valence-corrected chi connectivity index (χ3v) is 3.70. The topological polar surface area (TPSA) is 76.4 Å². The summed E-state index contributed by atoms with van der Waals surface area (Å²) in [6, 6.07) is 16.8. The third-order valence-electron chi connectivity index (χ3n) is 3.70. The van der Waals surface area contributed by atoms with Crippen LogP contribution in [-0.2, 0) is 19.9 Å². The SMILES string of the molecule is CC1=C[C@](C(=O)Oc2ccccc2)(c2ccc(C#N)cc2)OC1=O. The summed E-state index contributed by atoms with van der Waals surface area (Å²) in [6.07, 6.45) is 1.45. The summed E-state index contributed by atoms with van der Waals surface area (Å²) in [4.78, 5) is 24.7. The van der Waals surface area contributed by atoms with Crippen LogP contribution in [0.1, 0.15) is 18.1 Å². The standard InChI is InChI=1S/C19H13NO4/c1-13-11-19(24-17(13)21,15-9-7-14(12-20)8-10-15)18(22)23-16-5-3-2-4-6-16/h2-11H,1H3/t19-/m1/s1. The molecule has 0 spiro atoms. The van der Waals surface area contributed by atoms with Crippen molar-refractivity contribution in [1.29, 1.82) is 5.26 Å². The van der Waals surface area contributed by atoms with E-state index in [4.69, 9.17) is 14.7 Å². The van der Waals surface area contributed by atoms with Crippen LogP contribution in [0.4, 0.5) is 0 Å². The summed E-state index contributed by atoms with van der Waals surface area (Å²) in [7, 11) is 0. The fraction of sp³-hybridized carbons (Fsp3) is 0.105. The minimum atomic E-state index is -1.65. The Morgan fingerprint density at radius 1 is 1.12 bits per heavy atom. The van der Waals surface area contributed by atoms with Gasteiger partial charge in [0.1, 0.15) is 5.75 Å². The van der Waals surface area contributed by atoms with Gasteiger partial charge in [-0.05, 0) is 37.3 Å². The monoisotopic (exact) mass is 319 g/mol. The van der Waals surface area contributed by atoms with Crippen molar-refractivity contribution < 1.29 is 19.1 Å². The van der Waals surface area contributed by atoms with Crippen molar-refractivity contribution in [3.05, 3.63) is 77.4 Å². The summed E-state index contributed by atoms with van der Waals surface area (Å²) in [5.41, 5.74) is -0.460. The molecule has 5 nitrogen and oxygen atoms in total. The molecule has 3 rings (SSSR count). The van der Waals surface area contributed by atoms with Crippen molar-refractivity contribution >= 4 is 11.9 Å². The Labute approximate surface area is 138 Å². The number of carbonyl (C=O) groups excluding carboxylic acids is 2. The molecular formula is C19H13NO4. The van der Waals surface area contributed by atoms with Gasteiger partial charge in [0.2, 0.25) is 0 Å². The molecule has 5 heteroatoms. The van der Waals surface area contributed by atoms with Gasteiger partial charge in [0.05, 0.1) is 11.6 Å². The lowest BCUT2D eigenvalue weighted by Crippen LogP contribution is -2.38. The van der Waals surface area contributed by atoms with E-state index in [1.54, 1.807) is 61.5 Å². The molecule has 0 unspecified atom stereocenters. The highest BCUT2D eigenvalue weighted by molar-refractivity contribution is 5.99. The lowest BCUT2D eigenvalue weighted by atomic mass is 9.92. The number of hydrogen-bond donors (Lipinski definition) is 0. The van der Waals surface area contributed by atoms with E-state index in [0.717, 1.165) is 0 Å². The molecular weight excluding hydrogens is 306 g/mol. The molecule has 2 aromatic carbocycles. The van der Waals surface area contributed by atoms with Crippen molar-refractivity contribution in [2.24, 2.45) is 0 Å². The summed E-state index contributed by atoms with van der Waals surface area (Å²) >= 11 is 0. The number of cyclic esters (lactones) is 1. The predicted octanol–water partition coefficient (Wildman–Crippen LogP) is 2.86. The first-order valence-corrected chi connectivity index (χ1v) is 7.26. The first-order chi connectivity index (χ1) is 11.5. The molecule has 0 N–H and O–H groups in total. The maximum atomic E-state index is 12.8. The zero-order valence-corrected chi connectivity index (χ0v) is 12.9. The first kappa shape index (κ1) is 15.5. The Morgan fingerprint density at radius 2 is 1.79 bits per heavy atom. The van der Waals surface area contributed by atoms with E-state index < -0.39 is 17.5 Å². The van der Waals surface area contributed by atoms with E-state index in [-0.39, 0.29) is 0 Å². The second-order valence-corrected chi connectivity index (χ2v) is 5.34. The number of para-hydroxylation sites is 1. The molecule has 0 bridgehead atoms. The number of ether oxygens (including phenoxy) is 2. The molecule has 0 aliphatic carbocycles. The molecule has 1 aliphatic heterocycles. The zero-order chi connectivity index (χ0) is 17.2. The van der Waals surface area contributed by atoms with Gasteiger partial charge in [-0.1, -0.05) is 30.3 Å². The van der Waals surface area contributed by atoms with Gasteiger partial charge in [0, 0.05) is 11.1 Å². The number of carbonyl (C=O) groups is 2. The number of nitrogens with zero attached hydrogens (tertiary/aromatic N) is 1. The average molecular weight is 319 g/mol. The summed E-state index contributed by atoms with van der Waals surface area (Å²) in [5, 5.41) is 8.91. The van der Waals surface area contributed by atoms with Crippen LogP contribution >= 0.6 is 0 Å². The largest absolute Gasteiger partial charge is 0.434 e. The van der Waals surface area contributed by atoms with E-state index in [1.165, 1.54) is 6.08 Å². The lowest BCUT2D eigenvalue weighted by Gasteiger charge is -2.24. The van der Waals surface area contributed by atoms with E-state index in [2.05, 4.69) is 0 Å². The maximum absolute atomic E-state index is 12.8. The van der Waals surface area contributed by atoms with Crippen LogP contribution in [0.15, 0.2) is 66.2 Å². The van der Waals surface area contributed by atoms with Gasteiger partial charge in [-0.2, -0.15) is 5.26 Å². The molecule has 1 aliphatic rings. The Kier molecular flexibility index (Phi) is 3.88. The number of nitriles is 1. The van der Waals surface area contributed by atoms with Crippen LogP contribution in [0.2, 0.25) is 0 Å². The van der Waals surface area contributed by atoms with Crippen LogP contribution in [0, 0.1) is 11.3 Å². The highest BCUT2D eigenvalue weighted by Crippen LogP contribution is 2.36. The average Bonchev–Trinajstić information content (AvgIpc) is 2.92. The first-order valence-electron chi connectivity index (χ1n) is 7.26. The molecule has 0 fully saturated rings. The van der Waals surface area contributed by atoms with E-state index in [1.807, 2.05) is 6.07 Å². The molecule has 1 heterocycles. The van der Waals surface area contributed by atoms with Crippen molar-refractivity contribution in [2.75, 3.05) is 0 Å². The Bertz CT molecular complexity index is 862. The smallest absolute Gasteiger partial charge is 0.365 e. The number of benzene rings is 2. The van der Waals surface area contributed by atoms with E-state index in [9.17, 15) is 9.59 Å². The molecule has 0 amide bonds. The van der Waals surface area contributed by atoms with Crippen molar-refractivity contribution in [1.82, 2.24) is 0 Å².